The van der Waals surface area contributed by atoms with Gasteiger partial charge < -0.3 is 10.3 Å². The number of aryl methyl sites for hydroxylation is 1. The molecule has 3 aromatic rings. The highest BCUT2D eigenvalue weighted by molar-refractivity contribution is 6.31. The SMILES string of the molecule is CCn1c(Cc2ccc(N)cc2)nc2cc(Cl)ccc21. The number of halogens is 1. The molecule has 0 fully saturated rings. The molecule has 1 heterocycles. The van der Waals surface area contributed by atoms with E-state index in [4.69, 9.17) is 22.3 Å². The van der Waals surface area contributed by atoms with Crippen LogP contribution in [0, 0.1) is 0 Å². The second-order valence-electron chi connectivity index (χ2n) is 4.82. The van der Waals surface area contributed by atoms with Crippen LogP contribution in [0.4, 0.5) is 5.69 Å². The molecule has 2 aromatic carbocycles. The van der Waals surface area contributed by atoms with Gasteiger partial charge in [0.25, 0.3) is 0 Å². The van der Waals surface area contributed by atoms with Crippen molar-refractivity contribution >= 4 is 28.3 Å². The summed E-state index contributed by atoms with van der Waals surface area (Å²) in [4.78, 5) is 4.71. The molecule has 0 aliphatic carbocycles. The van der Waals surface area contributed by atoms with Crippen molar-refractivity contribution in [2.75, 3.05) is 5.73 Å². The first-order chi connectivity index (χ1) is 9.67. The molecule has 20 heavy (non-hydrogen) atoms. The summed E-state index contributed by atoms with van der Waals surface area (Å²) in [7, 11) is 0. The van der Waals surface area contributed by atoms with Crippen LogP contribution in [0.5, 0.6) is 0 Å². The van der Waals surface area contributed by atoms with Gasteiger partial charge >= 0.3 is 0 Å². The maximum atomic E-state index is 6.04. The predicted molar refractivity (Wildman–Crippen MR) is 84.1 cm³/mol. The minimum atomic E-state index is 0.720. The molecule has 0 atom stereocenters. The lowest BCUT2D eigenvalue weighted by Gasteiger charge is -2.06. The first-order valence-electron chi connectivity index (χ1n) is 6.66. The third-order valence-electron chi connectivity index (χ3n) is 3.45. The van der Waals surface area contributed by atoms with Crippen LogP contribution in [0.15, 0.2) is 42.5 Å². The number of anilines is 1. The molecule has 0 aliphatic heterocycles. The average Bonchev–Trinajstić information content (AvgIpc) is 2.77. The molecule has 2 N–H and O–H groups in total. The summed E-state index contributed by atoms with van der Waals surface area (Å²) < 4.78 is 2.22. The third-order valence-corrected chi connectivity index (χ3v) is 3.68. The van der Waals surface area contributed by atoms with E-state index in [1.165, 1.54) is 5.56 Å². The first kappa shape index (κ1) is 13.0. The van der Waals surface area contributed by atoms with E-state index in [9.17, 15) is 0 Å². The number of nitrogens with two attached hydrogens (primary N) is 1. The highest BCUT2D eigenvalue weighted by atomic mass is 35.5. The molecule has 0 bridgehead atoms. The van der Waals surface area contributed by atoms with E-state index in [1.54, 1.807) is 0 Å². The van der Waals surface area contributed by atoms with Gasteiger partial charge in [-0.3, -0.25) is 0 Å². The Kier molecular flexibility index (Phi) is 3.36. The summed E-state index contributed by atoms with van der Waals surface area (Å²) in [5, 5.41) is 0.720. The average molecular weight is 286 g/mol. The number of nitrogen functional groups attached to an aromatic ring is 1. The Morgan fingerprint density at radius 3 is 2.60 bits per heavy atom. The summed E-state index contributed by atoms with van der Waals surface area (Å²) in [5.74, 6) is 1.05. The second kappa shape index (κ2) is 5.17. The van der Waals surface area contributed by atoms with Crippen LogP contribution >= 0.6 is 11.6 Å². The number of imidazole rings is 1. The van der Waals surface area contributed by atoms with Crippen molar-refractivity contribution in [1.82, 2.24) is 9.55 Å². The van der Waals surface area contributed by atoms with E-state index in [0.717, 1.165) is 40.5 Å². The minimum Gasteiger partial charge on any atom is -0.399 e. The van der Waals surface area contributed by atoms with Crippen molar-refractivity contribution in [3.8, 4) is 0 Å². The van der Waals surface area contributed by atoms with Gasteiger partial charge in [-0.15, -0.1) is 0 Å². The van der Waals surface area contributed by atoms with Crippen molar-refractivity contribution in [2.24, 2.45) is 0 Å². The molecule has 0 aliphatic rings. The van der Waals surface area contributed by atoms with Crippen molar-refractivity contribution < 1.29 is 0 Å². The zero-order valence-corrected chi connectivity index (χ0v) is 12.1. The standard InChI is InChI=1S/C16H16ClN3/c1-2-20-15-8-5-12(17)10-14(15)19-16(20)9-11-3-6-13(18)7-4-11/h3-8,10H,2,9,18H2,1H3. The van der Waals surface area contributed by atoms with Gasteiger partial charge in [0.1, 0.15) is 5.82 Å². The fourth-order valence-corrected chi connectivity index (χ4v) is 2.63. The smallest absolute Gasteiger partial charge is 0.114 e. The lowest BCUT2D eigenvalue weighted by Crippen LogP contribution is -2.02. The molecule has 0 amide bonds. The summed E-state index contributed by atoms with van der Waals surface area (Å²) in [6.07, 6.45) is 0.792. The lowest BCUT2D eigenvalue weighted by molar-refractivity contribution is 0.733. The number of hydrogen-bond acceptors (Lipinski definition) is 2. The Morgan fingerprint density at radius 1 is 1.15 bits per heavy atom. The van der Waals surface area contributed by atoms with Crippen LogP contribution in [0.3, 0.4) is 0 Å². The van der Waals surface area contributed by atoms with Crippen molar-refractivity contribution in [3.63, 3.8) is 0 Å². The van der Waals surface area contributed by atoms with Gasteiger partial charge in [0, 0.05) is 23.7 Å². The van der Waals surface area contributed by atoms with Crippen LogP contribution in [-0.2, 0) is 13.0 Å². The highest BCUT2D eigenvalue weighted by Gasteiger charge is 2.10. The van der Waals surface area contributed by atoms with E-state index < -0.39 is 0 Å². The van der Waals surface area contributed by atoms with E-state index in [0.29, 0.717) is 0 Å². The van der Waals surface area contributed by atoms with E-state index in [2.05, 4.69) is 11.5 Å². The molecule has 0 unspecified atom stereocenters. The van der Waals surface area contributed by atoms with Crippen molar-refractivity contribution in [3.05, 3.63) is 58.9 Å². The summed E-state index contributed by atoms with van der Waals surface area (Å²) in [6.45, 7) is 3.02. The van der Waals surface area contributed by atoms with Crippen LogP contribution < -0.4 is 5.73 Å². The van der Waals surface area contributed by atoms with Gasteiger partial charge in [0.05, 0.1) is 11.0 Å². The Morgan fingerprint density at radius 2 is 1.90 bits per heavy atom. The monoisotopic (exact) mass is 285 g/mol. The molecule has 102 valence electrons. The number of nitrogens with zero attached hydrogens (tertiary/aromatic N) is 2. The van der Waals surface area contributed by atoms with Gasteiger partial charge in [-0.1, -0.05) is 23.7 Å². The zero-order chi connectivity index (χ0) is 14.1. The summed E-state index contributed by atoms with van der Waals surface area (Å²) >= 11 is 6.04. The maximum absolute atomic E-state index is 6.04. The van der Waals surface area contributed by atoms with Gasteiger partial charge in [-0.05, 0) is 42.8 Å². The Hall–Kier alpha value is -2.00. The minimum absolute atomic E-state index is 0.720. The number of benzene rings is 2. The van der Waals surface area contributed by atoms with Gasteiger partial charge in [0.2, 0.25) is 0 Å². The molecule has 0 saturated carbocycles. The van der Waals surface area contributed by atoms with E-state index >= 15 is 0 Å². The molecule has 0 radical (unpaired) electrons. The second-order valence-corrected chi connectivity index (χ2v) is 5.26. The van der Waals surface area contributed by atoms with Crippen molar-refractivity contribution in [1.29, 1.82) is 0 Å². The van der Waals surface area contributed by atoms with Crippen LogP contribution in [-0.4, -0.2) is 9.55 Å². The molecule has 3 nitrogen and oxygen atoms in total. The van der Waals surface area contributed by atoms with Crippen LogP contribution in [0.2, 0.25) is 5.02 Å². The Balaban J connectivity index is 2.04. The van der Waals surface area contributed by atoms with E-state index in [1.807, 2.05) is 42.5 Å². The summed E-state index contributed by atoms with van der Waals surface area (Å²) in [6, 6.07) is 13.8. The normalized spacial score (nSPS) is 11.1. The number of aromatic nitrogens is 2. The molecule has 1 aromatic heterocycles. The Bertz CT molecular complexity index is 744. The number of fused-ring (bicyclic) bond motifs is 1. The Labute approximate surface area is 123 Å². The maximum Gasteiger partial charge on any atom is 0.114 e. The largest absolute Gasteiger partial charge is 0.399 e. The van der Waals surface area contributed by atoms with Crippen molar-refractivity contribution in [2.45, 2.75) is 19.9 Å². The van der Waals surface area contributed by atoms with Gasteiger partial charge in [0.15, 0.2) is 0 Å². The number of rotatable bonds is 3. The van der Waals surface area contributed by atoms with Crippen LogP contribution in [0.1, 0.15) is 18.3 Å². The molecule has 4 heteroatoms. The zero-order valence-electron chi connectivity index (χ0n) is 11.3. The fraction of sp³-hybridized carbons (Fsp3) is 0.188. The van der Waals surface area contributed by atoms with Gasteiger partial charge in [-0.2, -0.15) is 0 Å². The molecule has 0 saturated heterocycles. The quantitative estimate of drug-likeness (QED) is 0.742. The lowest BCUT2D eigenvalue weighted by atomic mass is 10.1. The molecular weight excluding hydrogens is 270 g/mol. The van der Waals surface area contributed by atoms with E-state index in [-0.39, 0.29) is 0 Å². The topological polar surface area (TPSA) is 43.8 Å². The van der Waals surface area contributed by atoms with Gasteiger partial charge in [-0.25, -0.2) is 4.98 Å². The molecular formula is C16H16ClN3. The first-order valence-corrected chi connectivity index (χ1v) is 7.04. The number of hydrogen-bond donors (Lipinski definition) is 1. The third kappa shape index (κ3) is 2.37. The highest BCUT2D eigenvalue weighted by Crippen LogP contribution is 2.22. The predicted octanol–water partition coefficient (Wildman–Crippen LogP) is 3.88. The summed E-state index contributed by atoms with van der Waals surface area (Å²) in [5.41, 5.74) is 9.78. The molecule has 3 rings (SSSR count). The fourth-order valence-electron chi connectivity index (χ4n) is 2.46. The molecule has 0 spiro atoms. The van der Waals surface area contributed by atoms with Crippen LogP contribution in [0.25, 0.3) is 11.0 Å².